The molecule has 0 bridgehead atoms. The van der Waals surface area contributed by atoms with E-state index in [-0.39, 0.29) is 5.41 Å². The molecule has 1 aromatic heterocycles. The summed E-state index contributed by atoms with van der Waals surface area (Å²) in [7, 11) is 1.79. The molecule has 1 saturated carbocycles. The number of aliphatic imine (C=N–C) groups is 1. The van der Waals surface area contributed by atoms with E-state index in [1.165, 1.54) is 25.7 Å². The Morgan fingerprint density at radius 3 is 2.58 bits per heavy atom. The Morgan fingerprint density at radius 2 is 2.00 bits per heavy atom. The zero-order chi connectivity index (χ0) is 19.0. The molecule has 0 unspecified atom stereocenters. The van der Waals surface area contributed by atoms with Gasteiger partial charge in [0.05, 0.1) is 6.54 Å². The van der Waals surface area contributed by atoms with Crippen LogP contribution in [-0.4, -0.2) is 42.9 Å². The Morgan fingerprint density at radius 1 is 1.27 bits per heavy atom. The SMILES string of the molecule is CCOCCC1(CNC(=NC)NCc2noc(C(C)(C)C)n2)CCCC1. The summed E-state index contributed by atoms with van der Waals surface area (Å²) in [5.41, 5.74) is 0.179. The van der Waals surface area contributed by atoms with Crippen molar-refractivity contribution >= 4 is 5.96 Å². The largest absolute Gasteiger partial charge is 0.382 e. The standard InChI is InChI=1S/C19H35N5O2/c1-6-25-12-11-19(9-7-8-10-19)14-22-17(20-5)21-13-15-23-16(26-24-15)18(2,3)4/h6-14H2,1-5H3,(H2,20,21,22). The summed E-state index contributed by atoms with van der Waals surface area (Å²) in [5, 5.41) is 10.8. The number of guanidine groups is 1. The molecule has 0 saturated heterocycles. The van der Waals surface area contributed by atoms with Gasteiger partial charge in [0.2, 0.25) is 5.89 Å². The van der Waals surface area contributed by atoms with Gasteiger partial charge in [0.1, 0.15) is 0 Å². The molecule has 2 rings (SSSR count). The number of nitrogens with one attached hydrogen (secondary N) is 2. The van der Waals surface area contributed by atoms with E-state index in [9.17, 15) is 0 Å². The van der Waals surface area contributed by atoms with Gasteiger partial charge in [0.15, 0.2) is 11.8 Å². The molecule has 2 N–H and O–H groups in total. The summed E-state index contributed by atoms with van der Waals surface area (Å²) < 4.78 is 10.9. The Kier molecular flexibility index (Phi) is 7.43. The van der Waals surface area contributed by atoms with Gasteiger partial charge in [-0.3, -0.25) is 4.99 Å². The van der Waals surface area contributed by atoms with Gasteiger partial charge in [0.25, 0.3) is 0 Å². The zero-order valence-electron chi connectivity index (χ0n) is 17.0. The van der Waals surface area contributed by atoms with Gasteiger partial charge < -0.3 is 19.9 Å². The zero-order valence-corrected chi connectivity index (χ0v) is 17.0. The first-order valence-corrected chi connectivity index (χ1v) is 9.74. The number of ether oxygens (including phenoxy) is 1. The normalized spacial score (nSPS) is 17.5. The van der Waals surface area contributed by atoms with Crippen LogP contribution < -0.4 is 10.6 Å². The third-order valence-electron chi connectivity index (χ3n) is 5.02. The number of hydrogen-bond acceptors (Lipinski definition) is 5. The third kappa shape index (κ3) is 5.97. The number of rotatable bonds is 8. The lowest BCUT2D eigenvalue weighted by Crippen LogP contribution is -2.43. The van der Waals surface area contributed by atoms with E-state index in [4.69, 9.17) is 9.26 Å². The van der Waals surface area contributed by atoms with Gasteiger partial charge in [-0.25, -0.2) is 0 Å². The van der Waals surface area contributed by atoms with Gasteiger partial charge in [-0.05, 0) is 31.6 Å². The molecule has 1 aromatic rings. The van der Waals surface area contributed by atoms with E-state index in [0.717, 1.165) is 32.1 Å². The third-order valence-corrected chi connectivity index (χ3v) is 5.02. The van der Waals surface area contributed by atoms with E-state index in [1.807, 2.05) is 6.92 Å². The van der Waals surface area contributed by atoms with Crippen LogP contribution in [0.4, 0.5) is 0 Å². The summed E-state index contributed by atoms with van der Waals surface area (Å²) >= 11 is 0. The molecular formula is C19H35N5O2. The molecule has 7 nitrogen and oxygen atoms in total. The molecule has 0 atom stereocenters. The van der Waals surface area contributed by atoms with E-state index in [0.29, 0.717) is 23.7 Å². The highest BCUT2D eigenvalue weighted by molar-refractivity contribution is 5.79. The first kappa shape index (κ1) is 20.7. The predicted octanol–water partition coefficient (Wildman–Crippen LogP) is 3.02. The topological polar surface area (TPSA) is 84.6 Å². The second-order valence-corrected chi connectivity index (χ2v) is 8.20. The molecule has 1 aliphatic rings. The maximum atomic E-state index is 5.59. The minimum atomic E-state index is -0.138. The van der Waals surface area contributed by atoms with Crippen molar-refractivity contribution in [2.45, 2.75) is 71.8 Å². The van der Waals surface area contributed by atoms with Crippen molar-refractivity contribution in [3.05, 3.63) is 11.7 Å². The van der Waals surface area contributed by atoms with Crippen LogP contribution in [0.1, 0.15) is 71.5 Å². The molecule has 1 fully saturated rings. The lowest BCUT2D eigenvalue weighted by Gasteiger charge is -2.30. The van der Waals surface area contributed by atoms with Crippen molar-refractivity contribution in [3.8, 4) is 0 Å². The molecule has 0 spiro atoms. The van der Waals surface area contributed by atoms with E-state index in [2.05, 4.69) is 46.5 Å². The Hall–Kier alpha value is -1.63. The van der Waals surface area contributed by atoms with Crippen LogP contribution in [0, 0.1) is 5.41 Å². The first-order valence-electron chi connectivity index (χ1n) is 9.74. The van der Waals surface area contributed by atoms with Crippen molar-refractivity contribution in [2.24, 2.45) is 10.4 Å². The molecule has 7 heteroatoms. The average molecular weight is 366 g/mol. The molecule has 0 amide bonds. The van der Waals surface area contributed by atoms with Crippen molar-refractivity contribution in [1.82, 2.24) is 20.8 Å². The Bertz CT molecular complexity index is 571. The first-order chi connectivity index (χ1) is 12.4. The minimum absolute atomic E-state index is 0.138. The van der Waals surface area contributed by atoms with E-state index >= 15 is 0 Å². The van der Waals surface area contributed by atoms with Crippen LogP contribution in [-0.2, 0) is 16.7 Å². The average Bonchev–Trinajstić information content (AvgIpc) is 3.25. The molecule has 1 aliphatic carbocycles. The quantitative estimate of drug-likeness (QED) is 0.418. The van der Waals surface area contributed by atoms with Gasteiger partial charge in [-0.1, -0.05) is 38.8 Å². The van der Waals surface area contributed by atoms with Crippen LogP contribution >= 0.6 is 0 Å². The highest BCUT2D eigenvalue weighted by Crippen LogP contribution is 2.40. The summed E-state index contributed by atoms with van der Waals surface area (Å²) in [4.78, 5) is 8.77. The van der Waals surface area contributed by atoms with E-state index in [1.54, 1.807) is 7.05 Å². The second-order valence-electron chi connectivity index (χ2n) is 8.20. The number of nitrogens with zero attached hydrogens (tertiary/aromatic N) is 3. The van der Waals surface area contributed by atoms with Crippen LogP contribution in [0.15, 0.2) is 9.52 Å². The fourth-order valence-electron chi connectivity index (χ4n) is 3.36. The van der Waals surface area contributed by atoms with Crippen molar-refractivity contribution in [1.29, 1.82) is 0 Å². The molecule has 1 heterocycles. The summed E-state index contributed by atoms with van der Waals surface area (Å²) in [6, 6.07) is 0. The second kappa shape index (κ2) is 9.35. The van der Waals surface area contributed by atoms with Crippen LogP contribution in [0.3, 0.4) is 0 Å². The fraction of sp³-hybridized carbons (Fsp3) is 0.842. The molecule has 0 aromatic carbocycles. The van der Waals surface area contributed by atoms with Crippen molar-refractivity contribution in [3.63, 3.8) is 0 Å². The number of aromatic nitrogens is 2. The van der Waals surface area contributed by atoms with Gasteiger partial charge in [-0.2, -0.15) is 4.98 Å². The van der Waals surface area contributed by atoms with Gasteiger partial charge >= 0.3 is 0 Å². The van der Waals surface area contributed by atoms with Crippen molar-refractivity contribution in [2.75, 3.05) is 26.8 Å². The monoisotopic (exact) mass is 365 g/mol. The highest BCUT2D eigenvalue weighted by Gasteiger charge is 2.33. The number of hydrogen-bond donors (Lipinski definition) is 2. The Labute approximate surface area is 157 Å². The Balaban J connectivity index is 1.84. The highest BCUT2D eigenvalue weighted by atomic mass is 16.5. The van der Waals surface area contributed by atoms with Crippen molar-refractivity contribution < 1.29 is 9.26 Å². The van der Waals surface area contributed by atoms with Gasteiger partial charge in [-0.15, -0.1) is 0 Å². The van der Waals surface area contributed by atoms with Crippen LogP contribution in [0.5, 0.6) is 0 Å². The lowest BCUT2D eigenvalue weighted by molar-refractivity contribution is 0.105. The summed E-state index contributed by atoms with van der Waals surface area (Å²) in [5.74, 6) is 2.07. The smallest absolute Gasteiger partial charge is 0.232 e. The van der Waals surface area contributed by atoms with Crippen LogP contribution in [0.2, 0.25) is 0 Å². The summed E-state index contributed by atoms with van der Waals surface area (Å²) in [6.45, 7) is 11.2. The van der Waals surface area contributed by atoms with Crippen LogP contribution in [0.25, 0.3) is 0 Å². The molecular weight excluding hydrogens is 330 g/mol. The maximum absolute atomic E-state index is 5.59. The predicted molar refractivity (Wildman–Crippen MR) is 103 cm³/mol. The maximum Gasteiger partial charge on any atom is 0.232 e. The fourth-order valence-corrected chi connectivity index (χ4v) is 3.36. The van der Waals surface area contributed by atoms with Gasteiger partial charge in [0, 0.05) is 32.2 Å². The molecule has 0 aliphatic heterocycles. The summed E-state index contributed by atoms with van der Waals surface area (Å²) in [6.07, 6.45) is 6.22. The lowest BCUT2D eigenvalue weighted by atomic mass is 9.83. The minimum Gasteiger partial charge on any atom is -0.382 e. The van der Waals surface area contributed by atoms with E-state index < -0.39 is 0 Å². The molecule has 26 heavy (non-hydrogen) atoms. The molecule has 0 radical (unpaired) electrons. The molecule has 148 valence electrons.